The molecule has 9 N–H and O–H groups in total. The summed E-state index contributed by atoms with van der Waals surface area (Å²) in [5.41, 5.74) is 6.34. The summed E-state index contributed by atoms with van der Waals surface area (Å²) in [6.07, 6.45) is -3.03. The molecule has 3 aromatic carbocycles. The summed E-state index contributed by atoms with van der Waals surface area (Å²) in [7, 11) is -17.0. The number of aromatic hydroxyl groups is 2. The highest BCUT2D eigenvalue weighted by molar-refractivity contribution is 7.66. The molecule has 2 unspecified atom stereocenters. The molecule has 3 aliphatic heterocycles. The number of nitrogens with two attached hydrogens (primary N) is 1. The van der Waals surface area contributed by atoms with Gasteiger partial charge in [-0.3, -0.25) is 9.09 Å². The number of nitrogen functional groups attached to an aromatic ring is 1. The zero-order valence-electron chi connectivity index (χ0n) is 27.3. The van der Waals surface area contributed by atoms with Crippen LogP contribution < -0.4 is 10.5 Å². The smallest absolute Gasteiger partial charge is 0.490 e. The number of phenols is 2. The minimum absolute atomic E-state index is 0.0317. The Hall–Kier alpha value is -4.79. The molecule has 25 heteroatoms. The Morgan fingerprint density at radius 2 is 1.56 bits per heavy atom. The van der Waals surface area contributed by atoms with Gasteiger partial charge in [0.2, 0.25) is 0 Å². The number of hydrogen-bond acceptors (Lipinski definition) is 17. The number of nitrogens with zero attached hydrogens (tertiary/aromatic N) is 4. The first-order valence-corrected chi connectivity index (χ1v) is 20.2. The summed E-state index contributed by atoms with van der Waals surface area (Å²) >= 11 is 0. The number of phosphoric acid groups is 3. The van der Waals surface area contributed by atoms with Gasteiger partial charge in [-0.25, -0.2) is 33.4 Å². The maximum absolute atomic E-state index is 13.5. The number of rotatable bonds is 9. The van der Waals surface area contributed by atoms with Crippen molar-refractivity contribution in [2.75, 3.05) is 12.3 Å². The largest absolute Gasteiger partial charge is 0.508 e. The van der Waals surface area contributed by atoms with Crippen molar-refractivity contribution in [2.45, 2.75) is 30.5 Å². The van der Waals surface area contributed by atoms with Gasteiger partial charge in [0.1, 0.15) is 47.5 Å². The second-order valence-electron chi connectivity index (χ2n) is 12.3. The molecule has 5 heterocycles. The van der Waals surface area contributed by atoms with Crippen molar-refractivity contribution in [3.63, 3.8) is 0 Å². The predicted octanol–water partition coefficient (Wildman–Crippen LogP) is 3.05. The summed E-state index contributed by atoms with van der Waals surface area (Å²) in [4.78, 5) is 63.5. The van der Waals surface area contributed by atoms with Gasteiger partial charge in [-0.2, -0.15) is 8.62 Å². The first kappa shape index (κ1) is 37.1. The third-order valence-corrected chi connectivity index (χ3v) is 12.6. The molecule has 1 saturated heterocycles. The van der Waals surface area contributed by atoms with E-state index in [0.717, 1.165) is 6.33 Å². The van der Waals surface area contributed by atoms with Crippen LogP contribution in [0.3, 0.4) is 0 Å². The molecule has 0 aliphatic carbocycles. The Morgan fingerprint density at radius 1 is 0.891 bits per heavy atom. The van der Waals surface area contributed by atoms with Crippen molar-refractivity contribution < 1.29 is 80.7 Å². The molecule has 0 saturated carbocycles. The van der Waals surface area contributed by atoms with E-state index in [1.54, 1.807) is 12.1 Å². The second-order valence-corrected chi connectivity index (χ2v) is 16.8. The number of fused-ring (bicyclic) bond motifs is 7. The van der Waals surface area contributed by atoms with E-state index in [4.69, 9.17) is 34.3 Å². The minimum atomic E-state index is -5.80. The van der Waals surface area contributed by atoms with Crippen LogP contribution in [0.5, 0.6) is 23.0 Å². The lowest BCUT2D eigenvalue weighted by Gasteiger charge is -2.36. The van der Waals surface area contributed by atoms with Crippen LogP contribution in [0.4, 0.5) is 5.82 Å². The summed E-state index contributed by atoms with van der Waals surface area (Å²) < 4.78 is 66.9. The Bertz CT molecular complexity index is 2530. The number of aliphatic hydroxyl groups excluding tert-OH is 1. The lowest BCUT2D eigenvalue weighted by molar-refractivity contribution is -0.0418. The van der Waals surface area contributed by atoms with Crippen LogP contribution >= 0.6 is 23.5 Å². The van der Waals surface area contributed by atoms with Gasteiger partial charge >= 0.3 is 29.4 Å². The summed E-state index contributed by atoms with van der Waals surface area (Å²) in [6.45, 7) is -0.937. The molecule has 22 nitrogen and oxygen atoms in total. The molecule has 0 radical (unpaired) electrons. The molecule has 5 atom stereocenters. The molecule has 0 amide bonds. The van der Waals surface area contributed by atoms with E-state index < -0.39 is 60.1 Å². The molecule has 288 valence electrons. The maximum atomic E-state index is 13.5. The topological polar surface area (TPSA) is 335 Å². The number of phosphoric ester groups is 1. The van der Waals surface area contributed by atoms with Crippen molar-refractivity contribution in [3.8, 4) is 34.4 Å². The average Bonchev–Trinajstić information content (AvgIpc) is 3.74. The standard InChI is InChI=1S/C30H26N5O17P3/c31-26-25-28(33-12-32-26)35(24-10-20(38)23(49-24)11-47-54(43,44)52-55(45,46)51-53(40,41)42)27(34-25)13-1-4-16-19(7-13)30(50-29(16)39)17-5-2-14(36)8-21(17)48-22-9-15(37)3-6-18(22)30/h1-9,12,20,23-24,36-38H,10-11H2,(H,43,44)(H,45,46)(H2,31,32,33)(H2,40,41,42)/t20-,23+,24+/m0/s1. The number of ether oxygens (including phenoxy) is 3. The van der Waals surface area contributed by atoms with E-state index in [1.165, 1.54) is 47.0 Å². The summed E-state index contributed by atoms with van der Waals surface area (Å²) in [6, 6.07) is 13.2. The summed E-state index contributed by atoms with van der Waals surface area (Å²) in [5, 5.41) is 31.5. The van der Waals surface area contributed by atoms with Crippen LogP contribution in [0.15, 0.2) is 60.9 Å². The highest BCUT2D eigenvalue weighted by Gasteiger charge is 2.54. The highest BCUT2D eigenvalue weighted by atomic mass is 31.3. The molecular weight excluding hydrogens is 795 g/mol. The number of phenolic OH excluding ortho intramolecular Hbond substituents is 2. The van der Waals surface area contributed by atoms with Gasteiger partial charge in [-0.1, -0.05) is 6.07 Å². The number of aromatic nitrogens is 4. The highest BCUT2D eigenvalue weighted by Crippen LogP contribution is 2.66. The molecule has 8 rings (SSSR count). The maximum Gasteiger partial charge on any atom is 0.490 e. The number of anilines is 1. The molecule has 1 fully saturated rings. The fraction of sp³-hybridized carbons (Fsp3) is 0.200. The Kier molecular flexibility index (Phi) is 8.70. The number of aliphatic hydroxyl groups is 1. The molecule has 0 bridgehead atoms. The van der Waals surface area contributed by atoms with Crippen LogP contribution in [0.2, 0.25) is 0 Å². The number of carbonyl (C=O) groups excluding carboxylic acids is 1. The van der Waals surface area contributed by atoms with Crippen molar-refractivity contribution in [1.82, 2.24) is 19.5 Å². The van der Waals surface area contributed by atoms with E-state index in [-0.39, 0.29) is 57.8 Å². The van der Waals surface area contributed by atoms with Crippen molar-refractivity contribution in [3.05, 3.63) is 83.2 Å². The van der Waals surface area contributed by atoms with E-state index in [0.29, 0.717) is 22.3 Å². The van der Waals surface area contributed by atoms with E-state index in [2.05, 4.69) is 23.6 Å². The molecule has 3 aliphatic rings. The Morgan fingerprint density at radius 3 is 2.22 bits per heavy atom. The average molecular weight is 821 g/mol. The Balaban J connectivity index is 1.18. The van der Waals surface area contributed by atoms with E-state index in [1.807, 2.05) is 0 Å². The quantitative estimate of drug-likeness (QED) is 0.0782. The SMILES string of the molecule is Nc1ncnc2c1nc(-c1ccc3c(c1)C1(OC3=O)c3ccc(O)cc3Oc3cc(O)ccc31)n2[C@H]1C[C@H](O)[C@@H](COP(=O)(O)OP(=O)(O)OP(=O)(O)O)O1. The van der Waals surface area contributed by atoms with Crippen molar-refractivity contribution >= 4 is 46.4 Å². The van der Waals surface area contributed by atoms with Gasteiger partial charge in [0.05, 0.1) is 18.3 Å². The number of benzene rings is 3. The third-order valence-electron chi connectivity index (χ3n) is 8.85. The van der Waals surface area contributed by atoms with Gasteiger partial charge in [-0.15, -0.1) is 0 Å². The zero-order valence-corrected chi connectivity index (χ0v) is 30.0. The predicted molar refractivity (Wildman–Crippen MR) is 181 cm³/mol. The minimum Gasteiger partial charge on any atom is -0.508 e. The van der Waals surface area contributed by atoms with E-state index in [9.17, 15) is 43.6 Å². The van der Waals surface area contributed by atoms with Gasteiger partial charge < -0.3 is 54.8 Å². The Labute approximate surface area is 306 Å². The molecule has 2 aromatic heterocycles. The zero-order chi connectivity index (χ0) is 39.2. The van der Waals surface area contributed by atoms with Gasteiger partial charge in [-0.05, 0) is 36.4 Å². The third kappa shape index (κ3) is 6.57. The van der Waals surface area contributed by atoms with Gasteiger partial charge in [0.25, 0.3) is 0 Å². The lowest BCUT2D eigenvalue weighted by atomic mass is 9.77. The van der Waals surface area contributed by atoms with Gasteiger partial charge in [0, 0.05) is 40.8 Å². The van der Waals surface area contributed by atoms with Crippen LogP contribution in [0, 0.1) is 0 Å². The number of carbonyl (C=O) groups is 1. The molecule has 5 aromatic rings. The first-order valence-electron chi connectivity index (χ1n) is 15.7. The summed E-state index contributed by atoms with van der Waals surface area (Å²) in [5.74, 6) is -0.564. The fourth-order valence-corrected chi connectivity index (χ4v) is 9.76. The van der Waals surface area contributed by atoms with Crippen molar-refractivity contribution in [1.29, 1.82) is 0 Å². The van der Waals surface area contributed by atoms with Gasteiger partial charge in [0.15, 0.2) is 22.6 Å². The van der Waals surface area contributed by atoms with Crippen molar-refractivity contribution in [2.24, 2.45) is 0 Å². The first-order chi connectivity index (χ1) is 25.8. The number of imidazole rings is 1. The monoisotopic (exact) mass is 821 g/mol. The second kappa shape index (κ2) is 12.9. The lowest BCUT2D eigenvalue weighted by Crippen LogP contribution is -2.33. The van der Waals surface area contributed by atoms with Crippen LogP contribution in [-0.4, -0.2) is 79.2 Å². The van der Waals surface area contributed by atoms with Crippen LogP contribution in [-0.2, 0) is 41.9 Å². The fourth-order valence-electron chi connectivity index (χ4n) is 6.73. The molecular formula is C30H26N5O17P3. The molecule has 1 spiro atoms. The normalized spacial score (nSPS) is 22.0. The molecule has 55 heavy (non-hydrogen) atoms. The number of hydrogen-bond donors (Lipinski definition) is 8. The van der Waals surface area contributed by atoms with E-state index >= 15 is 0 Å². The van der Waals surface area contributed by atoms with Crippen LogP contribution in [0.25, 0.3) is 22.6 Å². The number of esters is 1. The van der Waals surface area contributed by atoms with Crippen LogP contribution in [0.1, 0.15) is 39.7 Å².